The quantitative estimate of drug-likeness (QED) is 0.679. The molecule has 2 aromatic rings. The summed E-state index contributed by atoms with van der Waals surface area (Å²) in [5, 5.41) is 4.28. The van der Waals surface area contributed by atoms with Crippen molar-refractivity contribution in [2.75, 3.05) is 14.2 Å². The zero-order valence-corrected chi connectivity index (χ0v) is 12.8. The Morgan fingerprint density at radius 1 is 1.27 bits per heavy atom. The van der Waals surface area contributed by atoms with Crippen LogP contribution in [0.3, 0.4) is 0 Å². The van der Waals surface area contributed by atoms with Gasteiger partial charge in [0.05, 0.1) is 25.5 Å². The van der Waals surface area contributed by atoms with E-state index in [9.17, 15) is 4.79 Å². The first kappa shape index (κ1) is 15.8. The predicted molar refractivity (Wildman–Crippen MR) is 83.9 cm³/mol. The van der Waals surface area contributed by atoms with Crippen LogP contribution in [0.5, 0.6) is 11.5 Å². The van der Waals surface area contributed by atoms with Crippen LogP contribution in [0, 0.1) is 0 Å². The highest BCUT2D eigenvalue weighted by Crippen LogP contribution is 2.35. The van der Waals surface area contributed by atoms with Crippen LogP contribution >= 0.6 is 11.6 Å². The van der Waals surface area contributed by atoms with Crippen molar-refractivity contribution in [1.29, 1.82) is 0 Å². The predicted octanol–water partition coefficient (Wildman–Crippen LogP) is 2.52. The number of methoxy groups -OCH3 is 2. The lowest BCUT2D eigenvalue weighted by atomic mass is 10.2. The highest BCUT2D eigenvalue weighted by Gasteiger charge is 2.10. The number of benzene rings is 1. The summed E-state index contributed by atoms with van der Waals surface area (Å²) in [5.41, 5.74) is 3.55. The van der Waals surface area contributed by atoms with Crippen LogP contribution in [0.25, 0.3) is 0 Å². The molecule has 1 N–H and O–H groups in total. The third kappa shape index (κ3) is 3.73. The first-order valence-corrected chi connectivity index (χ1v) is 6.68. The van der Waals surface area contributed by atoms with Crippen LogP contribution in [0.15, 0.2) is 41.8 Å². The molecule has 0 unspecified atom stereocenters. The van der Waals surface area contributed by atoms with Crippen molar-refractivity contribution in [3.05, 3.63) is 52.8 Å². The van der Waals surface area contributed by atoms with Crippen LogP contribution in [0.2, 0.25) is 5.02 Å². The number of ether oxygens (including phenoxy) is 2. The van der Waals surface area contributed by atoms with Crippen molar-refractivity contribution in [2.45, 2.75) is 0 Å². The van der Waals surface area contributed by atoms with E-state index >= 15 is 0 Å². The summed E-state index contributed by atoms with van der Waals surface area (Å²) in [5.74, 6) is 0.601. The minimum atomic E-state index is -0.328. The van der Waals surface area contributed by atoms with Crippen LogP contribution in [0.1, 0.15) is 15.9 Å². The topological polar surface area (TPSA) is 72.8 Å². The molecule has 0 aliphatic heterocycles. The smallest absolute Gasteiger partial charge is 0.271 e. The molecule has 114 valence electrons. The van der Waals surface area contributed by atoms with Crippen molar-refractivity contribution in [3.63, 3.8) is 0 Å². The Balaban J connectivity index is 2.10. The molecule has 0 radical (unpaired) electrons. The monoisotopic (exact) mass is 319 g/mol. The molecule has 0 spiro atoms. The number of hydrogen-bond donors (Lipinski definition) is 1. The van der Waals surface area contributed by atoms with E-state index in [4.69, 9.17) is 21.1 Å². The fourth-order valence-electron chi connectivity index (χ4n) is 1.75. The number of rotatable bonds is 5. The van der Waals surface area contributed by atoms with Gasteiger partial charge in [0, 0.05) is 18.0 Å². The lowest BCUT2D eigenvalue weighted by Gasteiger charge is -2.09. The van der Waals surface area contributed by atoms with Gasteiger partial charge in [-0.05, 0) is 29.8 Å². The van der Waals surface area contributed by atoms with Gasteiger partial charge in [0.1, 0.15) is 0 Å². The molecule has 0 aliphatic rings. The van der Waals surface area contributed by atoms with E-state index in [0.29, 0.717) is 27.6 Å². The Hall–Kier alpha value is -2.60. The first-order valence-electron chi connectivity index (χ1n) is 6.30. The average molecular weight is 320 g/mol. The van der Waals surface area contributed by atoms with Gasteiger partial charge < -0.3 is 9.47 Å². The highest BCUT2D eigenvalue weighted by atomic mass is 35.5. The molecule has 1 amide bonds. The second-order valence-corrected chi connectivity index (χ2v) is 4.58. The Kier molecular flexibility index (Phi) is 5.32. The molecular formula is C15H14ClN3O3. The summed E-state index contributed by atoms with van der Waals surface area (Å²) in [7, 11) is 3.02. The SMILES string of the molecule is COc1cc(/C=N/NC(=O)c2ccncc2)cc(Cl)c1OC. The van der Waals surface area contributed by atoms with Crippen LogP contribution < -0.4 is 14.9 Å². The number of hydrazone groups is 1. The zero-order valence-electron chi connectivity index (χ0n) is 12.0. The molecule has 0 atom stereocenters. The van der Waals surface area contributed by atoms with Gasteiger partial charge in [-0.3, -0.25) is 9.78 Å². The number of nitrogens with zero attached hydrogens (tertiary/aromatic N) is 2. The van der Waals surface area contributed by atoms with Crippen molar-refractivity contribution >= 4 is 23.7 Å². The van der Waals surface area contributed by atoms with Crippen molar-refractivity contribution < 1.29 is 14.3 Å². The van der Waals surface area contributed by atoms with E-state index in [1.54, 1.807) is 24.3 Å². The van der Waals surface area contributed by atoms with E-state index in [2.05, 4.69) is 15.5 Å². The molecule has 22 heavy (non-hydrogen) atoms. The summed E-state index contributed by atoms with van der Waals surface area (Å²) in [6, 6.07) is 6.55. The summed E-state index contributed by atoms with van der Waals surface area (Å²) in [6.07, 6.45) is 4.53. The van der Waals surface area contributed by atoms with Gasteiger partial charge in [0.15, 0.2) is 11.5 Å². The van der Waals surface area contributed by atoms with E-state index in [1.165, 1.54) is 32.8 Å². The van der Waals surface area contributed by atoms with Crippen LogP contribution in [-0.4, -0.2) is 31.3 Å². The lowest BCUT2D eigenvalue weighted by molar-refractivity contribution is 0.0955. The second kappa shape index (κ2) is 7.42. The number of carbonyl (C=O) groups excluding carboxylic acids is 1. The molecule has 2 rings (SSSR count). The third-order valence-electron chi connectivity index (χ3n) is 2.78. The van der Waals surface area contributed by atoms with E-state index < -0.39 is 0 Å². The number of aromatic nitrogens is 1. The Morgan fingerprint density at radius 2 is 2.00 bits per heavy atom. The van der Waals surface area contributed by atoms with Gasteiger partial charge in [0.2, 0.25) is 0 Å². The van der Waals surface area contributed by atoms with Gasteiger partial charge in [0.25, 0.3) is 5.91 Å². The number of halogens is 1. The van der Waals surface area contributed by atoms with Gasteiger partial charge >= 0.3 is 0 Å². The molecule has 7 heteroatoms. The summed E-state index contributed by atoms with van der Waals surface area (Å²) in [4.78, 5) is 15.6. The van der Waals surface area contributed by atoms with E-state index in [1.807, 2.05) is 0 Å². The van der Waals surface area contributed by atoms with Crippen LogP contribution in [-0.2, 0) is 0 Å². The number of pyridine rings is 1. The fourth-order valence-corrected chi connectivity index (χ4v) is 2.04. The summed E-state index contributed by atoms with van der Waals surface area (Å²) < 4.78 is 10.3. The maximum absolute atomic E-state index is 11.8. The number of hydrogen-bond acceptors (Lipinski definition) is 5. The normalized spacial score (nSPS) is 10.5. The molecule has 0 fully saturated rings. The number of nitrogens with one attached hydrogen (secondary N) is 1. The molecule has 0 aliphatic carbocycles. The molecular weight excluding hydrogens is 306 g/mol. The number of carbonyl (C=O) groups is 1. The number of amides is 1. The van der Waals surface area contributed by atoms with E-state index in [-0.39, 0.29) is 5.91 Å². The molecule has 1 aromatic heterocycles. The highest BCUT2D eigenvalue weighted by molar-refractivity contribution is 6.32. The van der Waals surface area contributed by atoms with E-state index in [0.717, 1.165) is 0 Å². The second-order valence-electron chi connectivity index (χ2n) is 4.17. The minimum absolute atomic E-state index is 0.328. The lowest BCUT2D eigenvalue weighted by Crippen LogP contribution is -2.17. The maximum atomic E-state index is 11.8. The van der Waals surface area contributed by atoms with Crippen molar-refractivity contribution in [2.24, 2.45) is 5.10 Å². The molecule has 0 saturated heterocycles. The van der Waals surface area contributed by atoms with Crippen molar-refractivity contribution in [3.8, 4) is 11.5 Å². The first-order chi connectivity index (χ1) is 10.7. The van der Waals surface area contributed by atoms with Gasteiger partial charge in [-0.15, -0.1) is 0 Å². The zero-order chi connectivity index (χ0) is 15.9. The molecule has 0 bridgehead atoms. The standard InChI is InChI=1S/C15H14ClN3O3/c1-21-13-8-10(7-12(16)14(13)22-2)9-18-19-15(20)11-3-5-17-6-4-11/h3-9H,1-2H3,(H,19,20)/b18-9+. The summed E-state index contributed by atoms with van der Waals surface area (Å²) in [6.45, 7) is 0. The largest absolute Gasteiger partial charge is 0.493 e. The van der Waals surface area contributed by atoms with Crippen LogP contribution in [0.4, 0.5) is 0 Å². The maximum Gasteiger partial charge on any atom is 0.271 e. The molecule has 1 heterocycles. The third-order valence-corrected chi connectivity index (χ3v) is 3.06. The average Bonchev–Trinajstić information content (AvgIpc) is 2.55. The van der Waals surface area contributed by atoms with Gasteiger partial charge in [-0.2, -0.15) is 5.10 Å². The Morgan fingerprint density at radius 3 is 2.64 bits per heavy atom. The van der Waals surface area contributed by atoms with Gasteiger partial charge in [-0.1, -0.05) is 11.6 Å². The Labute approximate surface area is 132 Å². The molecule has 6 nitrogen and oxygen atoms in total. The minimum Gasteiger partial charge on any atom is -0.493 e. The van der Waals surface area contributed by atoms with Crippen molar-refractivity contribution in [1.82, 2.24) is 10.4 Å². The summed E-state index contributed by atoms with van der Waals surface area (Å²) >= 11 is 6.09. The van der Waals surface area contributed by atoms with Gasteiger partial charge in [-0.25, -0.2) is 5.43 Å². The molecule has 1 aromatic carbocycles. The fraction of sp³-hybridized carbons (Fsp3) is 0.133. The molecule has 0 saturated carbocycles. The Bertz CT molecular complexity index is 690.